The van der Waals surface area contributed by atoms with E-state index in [-0.39, 0.29) is 24.3 Å². The van der Waals surface area contributed by atoms with E-state index in [4.69, 9.17) is 0 Å². The standard InChI is InChI=1S/C13H27NO4S2/c1-7-19(15,16)13(20(17,18)8-2)9-11(3,4)14-12(5,6)10-13/h14H,7-10H2,1-6H3. The van der Waals surface area contributed by atoms with Crippen molar-refractivity contribution in [3.8, 4) is 0 Å². The summed E-state index contributed by atoms with van der Waals surface area (Å²) >= 11 is 0. The van der Waals surface area contributed by atoms with E-state index in [0.29, 0.717) is 0 Å². The first-order valence-corrected chi connectivity index (χ1v) is 10.3. The molecule has 0 aliphatic carbocycles. The van der Waals surface area contributed by atoms with Crippen LogP contribution in [0.4, 0.5) is 0 Å². The number of piperidine rings is 1. The zero-order valence-corrected chi connectivity index (χ0v) is 14.9. The van der Waals surface area contributed by atoms with Crippen molar-refractivity contribution in [1.29, 1.82) is 0 Å². The van der Waals surface area contributed by atoms with Crippen molar-refractivity contribution in [3.63, 3.8) is 0 Å². The van der Waals surface area contributed by atoms with Gasteiger partial charge in [0.05, 0.1) is 0 Å². The summed E-state index contributed by atoms with van der Waals surface area (Å²) in [6.07, 6.45) is 0.186. The molecule has 0 saturated carbocycles. The molecule has 0 spiro atoms. The van der Waals surface area contributed by atoms with Crippen LogP contribution in [0.2, 0.25) is 0 Å². The summed E-state index contributed by atoms with van der Waals surface area (Å²) in [5, 5.41) is 3.35. The summed E-state index contributed by atoms with van der Waals surface area (Å²) in [4.78, 5) is 0. The zero-order chi connectivity index (χ0) is 16.0. The number of nitrogens with one attached hydrogen (secondary N) is 1. The SMILES string of the molecule is CCS(=O)(=O)C1(S(=O)(=O)CC)CC(C)(C)NC(C)(C)C1. The Morgan fingerprint density at radius 3 is 1.35 bits per heavy atom. The summed E-state index contributed by atoms with van der Waals surface area (Å²) in [6.45, 7) is 10.5. The molecule has 7 heteroatoms. The van der Waals surface area contributed by atoms with Crippen molar-refractivity contribution in [3.05, 3.63) is 0 Å². The lowest BCUT2D eigenvalue weighted by atomic mass is 9.82. The number of sulfone groups is 2. The van der Waals surface area contributed by atoms with Gasteiger partial charge >= 0.3 is 0 Å². The van der Waals surface area contributed by atoms with Crippen LogP contribution >= 0.6 is 0 Å². The maximum atomic E-state index is 12.7. The predicted octanol–water partition coefficient (Wildman–Crippen LogP) is 1.49. The van der Waals surface area contributed by atoms with E-state index in [1.165, 1.54) is 13.8 Å². The maximum absolute atomic E-state index is 12.7. The van der Waals surface area contributed by atoms with Crippen molar-refractivity contribution in [1.82, 2.24) is 5.32 Å². The van der Waals surface area contributed by atoms with Crippen LogP contribution in [0.15, 0.2) is 0 Å². The molecular formula is C13H27NO4S2. The first kappa shape index (κ1) is 17.9. The van der Waals surface area contributed by atoms with Crippen molar-refractivity contribution in [2.45, 2.75) is 69.5 Å². The Labute approximate surface area is 123 Å². The van der Waals surface area contributed by atoms with E-state index >= 15 is 0 Å². The quantitative estimate of drug-likeness (QED) is 0.847. The smallest absolute Gasteiger partial charge is 0.176 e. The average Bonchev–Trinajstić information content (AvgIpc) is 2.24. The van der Waals surface area contributed by atoms with Crippen LogP contribution < -0.4 is 5.32 Å². The molecule has 0 aromatic heterocycles. The number of rotatable bonds is 4. The van der Waals surface area contributed by atoms with E-state index in [2.05, 4.69) is 5.32 Å². The molecule has 1 heterocycles. The van der Waals surface area contributed by atoms with Gasteiger partial charge in [0.1, 0.15) is 0 Å². The predicted molar refractivity (Wildman–Crippen MR) is 82.2 cm³/mol. The molecule has 0 radical (unpaired) electrons. The maximum Gasteiger partial charge on any atom is 0.176 e. The van der Waals surface area contributed by atoms with Gasteiger partial charge in [-0.05, 0) is 40.5 Å². The van der Waals surface area contributed by atoms with E-state index in [9.17, 15) is 16.8 Å². The lowest BCUT2D eigenvalue weighted by Crippen LogP contribution is -2.68. The van der Waals surface area contributed by atoms with Gasteiger partial charge < -0.3 is 5.32 Å². The lowest BCUT2D eigenvalue weighted by Gasteiger charge is -2.51. The van der Waals surface area contributed by atoms with Gasteiger partial charge in [-0.3, -0.25) is 0 Å². The van der Waals surface area contributed by atoms with Crippen LogP contribution in [0, 0.1) is 0 Å². The fourth-order valence-electron chi connectivity index (χ4n) is 3.57. The van der Waals surface area contributed by atoms with Gasteiger partial charge in [0.25, 0.3) is 0 Å². The first-order valence-electron chi connectivity index (χ1n) is 6.98. The molecule has 5 nitrogen and oxygen atoms in total. The largest absolute Gasteiger partial charge is 0.307 e. The van der Waals surface area contributed by atoms with Crippen LogP contribution in [0.25, 0.3) is 0 Å². The van der Waals surface area contributed by atoms with Gasteiger partial charge in [-0.2, -0.15) is 0 Å². The minimum atomic E-state index is -3.72. The lowest BCUT2D eigenvalue weighted by molar-refractivity contribution is 0.170. The van der Waals surface area contributed by atoms with Gasteiger partial charge in [0.2, 0.25) is 0 Å². The molecule has 1 aliphatic heterocycles. The Bertz CT molecular complexity index is 521. The normalized spacial score (nSPS) is 25.3. The first-order chi connectivity index (χ1) is 8.74. The van der Waals surface area contributed by atoms with E-state index in [0.717, 1.165) is 0 Å². The van der Waals surface area contributed by atoms with E-state index in [1.54, 1.807) is 0 Å². The molecule has 0 bridgehead atoms. The summed E-state index contributed by atoms with van der Waals surface area (Å²) in [5.74, 6) is -0.309. The van der Waals surface area contributed by atoms with Gasteiger partial charge in [0.15, 0.2) is 23.8 Å². The highest BCUT2D eigenvalue weighted by Gasteiger charge is 2.60. The van der Waals surface area contributed by atoms with Crippen LogP contribution in [-0.4, -0.2) is 43.5 Å². The molecule has 1 rings (SSSR count). The third kappa shape index (κ3) is 2.90. The van der Waals surface area contributed by atoms with Gasteiger partial charge in [-0.15, -0.1) is 0 Å². The van der Waals surface area contributed by atoms with Crippen molar-refractivity contribution < 1.29 is 16.8 Å². The molecule has 1 aliphatic rings. The molecule has 1 N–H and O–H groups in total. The second-order valence-electron chi connectivity index (χ2n) is 6.96. The topological polar surface area (TPSA) is 80.3 Å². The Morgan fingerprint density at radius 1 is 0.800 bits per heavy atom. The Hall–Kier alpha value is -0.140. The molecule has 20 heavy (non-hydrogen) atoms. The molecule has 0 atom stereocenters. The minimum absolute atomic E-state index is 0.0930. The summed E-state index contributed by atoms with van der Waals surface area (Å²) < 4.78 is 48.9. The van der Waals surface area contributed by atoms with Crippen molar-refractivity contribution >= 4 is 19.7 Å². The van der Waals surface area contributed by atoms with Crippen LogP contribution in [0.3, 0.4) is 0 Å². The van der Waals surface area contributed by atoms with Crippen LogP contribution in [0.5, 0.6) is 0 Å². The summed E-state index contributed by atoms with van der Waals surface area (Å²) in [7, 11) is -7.45. The Kier molecular flexibility index (Phi) is 4.43. The Morgan fingerprint density at radius 2 is 1.10 bits per heavy atom. The number of hydrogen-bond acceptors (Lipinski definition) is 5. The zero-order valence-electron chi connectivity index (χ0n) is 13.3. The average molecular weight is 325 g/mol. The summed E-state index contributed by atoms with van der Waals surface area (Å²) in [5.41, 5.74) is -1.10. The van der Waals surface area contributed by atoms with Crippen molar-refractivity contribution in [2.75, 3.05) is 11.5 Å². The third-order valence-electron chi connectivity index (χ3n) is 3.99. The highest BCUT2D eigenvalue weighted by molar-refractivity contribution is 8.10. The fourth-order valence-corrected chi connectivity index (χ4v) is 9.20. The second kappa shape index (κ2) is 4.95. The second-order valence-corrected chi connectivity index (χ2v) is 12.4. The monoisotopic (exact) mass is 325 g/mol. The molecule has 1 saturated heterocycles. The minimum Gasteiger partial charge on any atom is -0.307 e. The van der Waals surface area contributed by atoms with Gasteiger partial charge in [-0.1, -0.05) is 13.8 Å². The molecule has 0 amide bonds. The molecule has 0 aromatic rings. The Balaban J connectivity index is 3.64. The number of hydrogen-bond donors (Lipinski definition) is 1. The van der Waals surface area contributed by atoms with E-state index < -0.39 is 34.8 Å². The van der Waals surface area contributed by atoms with Crippen LogP contribution in [-0.2, 0) is 19.7 Å². The van der Waals surface area contributed by atoms with E-state index in [1.807, 2.05) is 27.7 Å². The molecule has 1 fully saturated rings. The highest BCUT2D eigenvalue weighted by Crippen LogP contribution is 2.45. The van der Waals surface area contributed by atoms with Crippen molar-refractivity contribution in [2.24, 2.45) is 0 Å². The fraction of sp³-hybridized carbons (Fsp3) is 1.00. The van der Waals surface area contributed by atoms with Crippen LogP contribution in [0.1, 0.15) is 54.4 Å². The molecular weight excluding hydrogens is 298 g/mol. The third-order valence-corrected chi connectivity index (χ3v) is 9.88. The van der Waals surface area contributed by atoms with Gasteiger partial charge in [-0.25, -0.2) is 16.8 Å². The van der Waals surface area contributed by atoms with Gasteiger partial charge in [0, 0.05) is 22.6 Å². The summed E-state index contributed by atoms with van der Waals surface area (Å²) in [6, 6.07) is 0. The molecule has 0 aromatic carbocycles. The highest BCUT2D eigenvalue weighted by atomic mass is 32.3. The molecule has 0 unspecified atom stereocenters. The molecule has 120 valence electrons.